The molecule has 0 bridgehead atoms. The van der Waals surface area contributed by atoms with Gasteiger partial charge in [0.05, 0.1) is 12.0 Å². The summed E-state index contributed by atoms with van der Waals surface area (Å²) in [5.41, 5.74) is 0.895. The van der Waals surface area contributed by atoms with Crippen LogP contribution < -0.4 is 5.32 Å². The van der Waals surface area contributed by atoms with Gasteiger partial charge in [-0.25, -0.2) is 4.79 Å². The minimum absolute atomic E-state index is 0.0365. The largest absolute Gasteiger partial charge is 0.457 e. The van der Waals surface area contributed by atoms with E-state index in [1.54, 1.807) is 24.3 Å². The molecule has 1 aromatic carbocycles. The summed E-state index contributed by atoms with van der Waals surface area (Å²) in [5, 5.41) is 2.67. The third-order valence-corrected chi connectivity index (χ3v) is 3.68. The number of benzene rings is 1. The van der Waals surface area contributed by atoms with Crippen molar-refractivity contribution in [2.75, 3.05) is 18.2 Å². The lowest BCUT2D eigenvalue weighted by molar-refractivity contribution is -0.114. The Hall–Kier alpha value is -2.54. The number of esters is 1. The first-order valence-electron chi connectivity index (χ1n) is 6.70. The third-order valence-electron chi connectivity index (χ3n) is 2.89. The Balaban J connectivity index is 2.07. The molecule has 0 unspecified atom stereocenters. The Morgan fingerprint density at radius 1 is 1.26 bits per heavy atom. The van der Waals surface area contributed by atoms with Crippen LogP contribution in [-0.4, -0.2) is 30.5 Å². The second-order valence-corrected chi connectivity index (χ2v) is 5.42. The highest BCUT2D eigenvalue weighted by Gasteiger charge is 2.15. The van der Waals surface area contributed by atoms with Gasteiger partial charge in [-0.1, -0.05) is 6.07 Å². The fourth-order valence-corrected chi connectivity index (χ4v) is 2.38. The molecular weight excluding hydrogens is 318 g/mol. The number of anilines is 1. The van der Waals surface area contributed by atoms with Crippen molar-refractivity contribution >= 4 is 35.1 Å². The Morgan fingerprint density at radius 3 is 2.65 bits per heavy atom. The van der Waals surface area contributed by atoms with Crippen LogP contribution in [0.1, 0.15) is 27.8 Å². The lowest BCUT2D eigenvalue weighted by atomic mass is 10.1. The molecule has 0 saturated heterocycles. The van der Waals surface area contributed by atoms with E-state index in [-0.39, 0.29) is 17.5 Å². The number of hydrogen-bond donors (Lipinski definition) is 1. The molecule has 0 spiro atoms. The van der Waals surface area contributed by atoms with Gasteiger partial charge in [-0.05, 0) is 30.5 Å². The molecule has 0 saturated carbocycles. The standard InChI is InChI=1S/C16H15NO5S/c1-10(18)17-12-8-11(5-6-15(12)23-2)13(19)9-22-16(20)14-4-3-7-21-14/h3-8H,9H2,1-2H3,(H,17,18). The Labute approximate surface area is 137 Å². The topological polar surface area (TPSA) is 85.6 Å². The lowest BCUT2D eigenvalue weighted by Gasteiger charge is -2.10. The summed E-state index contributed by atoms with van der Waals surface area (Å²) in [6.07, 6.45) is 3.21. The zero-order chi connectivity index (χ0) is 16.8. The van der Waals surface area contributed by atoms with Crippen LogP contribution >= 0.6 is 11.8 Å². The van der Waals surface area contributed by atoms with Gasteiger partial charge in [0.15, 0.2) is 12.4 Å². The zero-order valence-electron chi connectivity index (χ0n) is 12.6. The molecule has 2 rings (SSSR count). The fourth-order valence-electron chi connectivity index (χ4n) is 1.85. The van der Waals surface area contributed by atoms with Crippen molar-refractivity contribution in [3.63, 3.8) is 0 Å². The van der Waals surface area contributed by atoms with Gasteiger partial charge in [-0.15, -0.1) is 11.8 Å². The van der Waals surface area contributed by atoms with Gasteiger partial charge >= 0.3 is 5.97 Å². The van der Waals surface area contributed by atoms with Crippen LogP contribution in [0.2, 0.25) is 0 Å². The SMILES string of the molecule is CSc1ccc(C(=O)COC(=O)c2ccco2)cc1NC(C)=O. The fraction of sp³-hybridized carbons (Fsp3) is 0.188. The van der Waals surface area contributed by atoms with Crippen LogP contribution in [0.4, 0.5) is 5.69 Å². The molecule has 7 heteroatoms. The van der Waals surface area contributed by atoms with E-state index in [1.165, 1.54) is 31.0 Å². The quantitative estimate of drug-likeness (QED) is 0.497. The molecule has 0 atom stereocenters. The highest BCUT2D eigenvalue weighted by atomic mass is 32.2. The van der Waals surface area contributed by atoms with Gasteiger partial charge in [-0.3, -0.25) is 9.59 Å². The predicted molar refractivity (Wildman–Crippen MR) is 85.8 cm³/mol. The number of thioether (sulfide) groups is 1. The van der Waals surface area contributed by atoms with E-state index in [0.717, 1.165) is 4.90 Å². The maximum absolute atomic E-state index is 12.1. The van der Waals surface area contributed by atoms with E-state index in [9.17, 15) is 14.4 Å². The van der Waals surface area contributed by atoms with Crippen LogP contribution in [0.3, 0.4) is 0 Å². The molecule has 1 amide bonds. The third kappa shape index (κ3) is 4.46. The summed E-state index contributed by atoms with van der Waals surface area (Å²) in [7, 11) is 0. The number of amides is 1. The van der Waals surface area contributed by atoms with Gasteiger partial charge in [0.2, 0.25) is 11.7 Å². The van der Waals surface area contributed by atoms with Gasteiger partial charge in [-0.2, -0.15) is 0 Å². The molecule has 1 aromatic heterocycles. The predicted octanol–water partition coefficient (Wildman–Crippen LogP) is 3.00. The van der Waals surface area contributed by atoms with Gasteiger partial charge < -0.3 is 14.5 Å². The van der Waals surface area contributed by atoms with Crippen molar-refractivity contribution in [2.45, 2.75) is 11.8 Å². The Morgan fingerprint density at radius 2 is 2.04 bits per heavy atom. The van der Waals surface area contributed by atoms with Crippen molar-refractivity contribution in [1.82, 2.24) is 0 Å². The van der Waals surface area contributed by atoms with Crippen molar-refractivity contribution in [2.24, 2.45) is 0 Å². The van der Waals surface area contributed by atoms with Gasteiger partial charge in [0, 0.05) is 17.4 Å². The van der Waals surface area contributed by atoms with E-state index < -0.39 is 12.6 Å². The maximum atomic E-state index is 12.1. The second-order valence-electron chi connectivity index (χ2n) is 4.57. The average Bonchev–Trinajstić information content (AvgIpc) is 3.06. The molecule has 0 aliphatic rings. The number of Topliss-reactive ketones (excluding diaryl/α,β-unsaturated/α-hetero) is 1. The summed E-state index contributed by atoms with van der Waals surface area (Å²) < 4.78 is 9.80. The number of carbonyl (C=O) groups is 3. The monoisotopic (exact) mass is 333 g/mol. The lowest BCUT2D eigenvalue weighted by Crippen LogP contribution is -2.14. The molecule has 2 aromatic rings. The second kappa shape index (κ2) is 7.64. The molecule has 0 radical (unpaired) electrons. The highest BCUT2D eigenvalue weighted by Crippen LogP contribution is 2.26. The number of furan rings is 1. The van der Waals surface area contributed by atoms with Crippen molar-refractivity contribution in [3.05, 3.63) is 47.9 Å². The molecule has 120 valence electrons. The van der Waals surface area contributed by atoms with Crippen LogP contribution in [-0.2, 0) is 9.53 Å². The highest BCUT2D eigenvalue weighted by molar-refractivity contribution is 7.98. The van der Waals surface area contributed by atoms with Gasteiger partial charge in [0.25, 0.3) is 0 Å². The summed E-state index contributed by atoms with van der Waals surface area (Å²) in [6, 6.07) is 7.93. The Kier molecular flexibility index (Phi) is 5.59. The summed E-state index contributed by atoms with van der Waals surface area (Å²) in [6.45, 7) is 0.987. The van der Waals surface area contributed by atoms with E-state index in [2.05, 4.69) is 5.32 Å². The molecule has 0 fully saturated rings. The van der Waals surface area contributed by atoms with Crippen LogP contribution in [0.25, 0.3) is 0 Å². The maximum Gasteiger partial charge on any atom is 0.374 e. The number of nitrogens with one attached hydrogen (secondary N) is 1. The number of ether oxygens (including phenoxy) is 1. The van der Waals surface area contributed by atoms with E-state index in [0.29, 0.717) is 11.3 Å². The molecule has 0 aliphatic carbocycles. The first kappa shape index (κ1) is 16.8. The Bertz CT molecular complexity index is 724. The molecule has 1 N–H and O–H groups in total. The molecule has 23 heavy (non-hydrogen) atoms. The van der Waals surface area contributed by atoms with E-state index >= 15 is 0 Å². The normalized spacial score (nSPS) is 10.2. The van der Waals surface area contributed by atoms with Crippen LogP contribution in [0.5, 0.6) is 0 Å². The van der Waals surface area contributed by atoms with Crippen molar-refractivity contribution in [1.29, 1.82) is 0 Å². The van der Waals surface area contributed by atoms with E-state index in [1.807, 2.05) is 6.26 Å². The zero-order valence-corrected chi connectivity index (χ0v) is 13.4. The first-order valence-corrected chi connectivity index (χ1v) is 7.93. The van der Waals surface area contributed by atoms with Crippen molar-refractivity contribution in [3.8, 4) is 0 Å². The molecule has 1 heterocycles. The van der Waals surface area contributed by atoms with Crippen LogP contribution in [0, 0.1) is 0 Å². The average molecular weight is 333 g/mol. The molecule has 6 nitrogen and oxygen atoms in total. The number of carbonyl (C=O) groups excluding carboxylic acids is 3. The summed E-state index contributed by atoms with van der Waals surface area (Å²) in [5.74, 6) is -1.26. The minimum atomic E-state index is -0.703. The molecular formula is C16H15NO5S. The van der Waals surface area contributed by atoms with Crippen LogP contribution in [0.15, 0.2) is 45.9 Å². The summed E-state index contributed by atoms with van der Waals surface area (Å²) in [4.78, 5) is 35.8. The number of rotatable bonds is 6. The van der Waals surface area contributed by atoms with E-state index in [4.69, 9.17) is 9.15 Å². The molecule has 0 aliphatic heterocycles. The number of hydrogen-bond acceptors (Lipinski definition) is 6. The van der Waals surface area contributed by atoms with Crippen molar-refractivity contribution < 1.29 is 23.5 Å². The van der Waals surface area contributed by atoms with Gasteiger partial charge in [0.1, 0.15) is 0 Å². The summed E-state index contributed by atoms with van der Waals surface area (Å²) >= 11 is 1.45. The smallest absolute Gasteiger partial charge is 0.374 e. The first-order chi connectivity index (χ1) is 11.0. The number of ketones is 1. The minimum Gasteiger partial charge on any atom is -0.457 e.